The van der Waals surface area contributed by atoms with Gasteiger partial charge >= 0.3 is 0 Å². The highest BCUT2D eigenvalue weighted by Crippen LogP contribution is 2.32. The fourth-order valence-electron chi connectivity index (χ4n) is 4.95. The minimum atomic E-state index is -0.558. The molecule has 2 fully saturated rings. The summed E-state index contributed by atoms with van der Waals surface area (Å²) in [5.74, 6) is 0.748. The largest absolute Gasteiger partial charge is 0.492 e. The van der Waals surface area contributed by atoms with Crippen LogP contribution in [0.1, 0.15) is 45.4 Å². The van der Waals surface area contributed by atoms with Crippen LogP contribution in [0.3, 0.4) is 0 Å². The monoisotopic (exact) mass is 497 g/mol. The Morgan fingerprint density at radius 3 is 2.67 bits per heavy atom. The minimum Gasteiger partial charge on any atom is -0.492 e. The second-order valence-corrected chi connectivity index (χ2v) is 9.94. The number of nitriles is 1. The fourth-order valence-corrected chi connectivity index (χ4v) is 4.95. The molecule has 1 saturated heterocycles. The maximum atomic E-state index is 14.7. The van der Waals surface area contributed by atoms with Crippen LogP contribution in [0.15, 0.2) is 30.6 Å². The van der Waals surface area contributed by atoms with E-state index in [0.717, 1.165) is 25.7 Å². The Labute approximate surface area is 212 Å². The number of pyridine rings is 2. The number of rotatable bonds is 10. The number of nitrogens with zero attached hydrogens (tertiary/aromatic N) is 3. The molecule has 2 aromatic rings. The van der Waals surface area contributed by atoms with Crippen molar-refractivity contribution in [2.45, 2.75) is 63.6 Å². The van der Waals surface area contributed by atoms with Gasteiger partial charge in [0.05, 0.1) is 30.0 Å². The highest BCUT2D eigenvalue weighted by molar-refractivity contribution is 5.64. The van der Waals surface area contributed by atoms with E-state index in [9.17, 15) is 9.65 Å². The number of hydrogen-bond donors (Lipinski definition) is 2. The topological polar surface area (TPSA) is 101 Å². The zero-order chi connectivity index (χ0) is 25.4. The van der Waals surface area contributed by atoms with Gasteiger partial charge in [0.25, 0.3) is 0 Å². The highest BCUT2D eigenvalue weighted by Gasteiger charge is 2.33. The number of nitrogens with one attached hydrogen (secondary N) is 2. The summed E-state index contributed by atoms with van der Waals surface area (Å²) in [6.45, 7) is 4.22. The van der Waals surface area contributed by atoms with Gasteiger partial charge in [-0.25, -0.2) is 9.37 Å². The lowest BCUT2D eigenvalue weighted by Crippen LogP contribution is -2.42. The van der Waals surface area contributed by atoms with Gasteiger partial charge in [0.15, 0.2) is 5.82 Å². The average Bonchev–Trinajstić information content (AvgIpc) is 2.90. The molecular weight excluding hydrogens is 461 g/mol. The lowest BCUT2D eigenvalue weighted by molar-refractivity contribution is 0.0191. The summed E-state index contributed by atoms with van der Waals surface area (Å²) in [6.07, 6.45) is 8.27. The molecule has 4 rings (SSSR count). The number of halogens is 1. The van der Waals surface area contributed by atoms with E-state index >= 15 is 0 Å². The summed E-state index contributed by atoms with van der Waals surface area (Å²) in [7, 11) is 1.72. The summed E-state index contributed by atoms with van der Waals surface area (Å²) in [5, 5.41) is 16.8. The van der Waals surface area contributed by atoms with E-state index in [0.29, 0.717) is 67.6 Å². The van der Waals surface area contributed by atoms with Crippen LogP contribution in [0.25, 0.3) is 11.3 Å². The Morgan fingerprint density at radius 2 is 1.94 bits per heavy atom. The quantitative estimate of drug-likeness (QED) is 0.500. The molecular formula is C27H36FN5O3. The predicted molar refractivity (Wildman–Crippen MR) is 135 cm³/mol. The first kappa shape index (κ1) is 26.3. The molecule has 0 unspecified atom stereocenters. The van der Waals surface area contributed by atoms with E-state index in [-0.39, 0.29) is 12.6 Å². The lowest BCUT2D eigenvalue weighted by Gasteiger charge is -2.31. The van der Waals surface area contributed by atoms with Crippen LogP contribution in [0.2, 0.25) is 0 Å². The van der Waals surface area contributed by atoms with Crippen molar-refractivity contribution in [2.75, 3.05) is 38.9 Å². The summed E-state index contributed by atoms with van der Waals surface area (Å²) in [5.41, 5.74) is 0.271. The lowest BCUT2D eigenvalue weighted by atomic mass is 9.83. The van der Waals surface area contributed by atoms with Crippen LogP contribution < -0.4 is 15.4 Å². The maximum absolute atomic E-state index is 14.7. The molecule has 0 amide bonds. The van der Waals surface area contributed by atoms with Crippen molar-refractivity contribution in [3.63, 3.8) is 0 Å². The summed E-state index contributed by atoms with van der Waals surface area (Å²) in [6, 6.07) is 8.66. The third kappa shape index (κ3) is 6.90. The van der Waals surface area contributed by atoms with Crippen LogP contribution in [0.4, 0.5) is 10.2 Å². The van der Waals surface area contributed by atoms with Gasteiger partial charge in [-0.15, -0.1) is 0 Å². The first-order valence-corrected chi connectivity index (χ1v) is 12.8. The molecule has 8 nitrogen and oxygen atoms in total. The normalized spacial score (nSPS) is 22.4. The molecule has 2 aromatic heterocycles. The van der Waals surface area contributed by atoms with Crippen molar-refractivity contribution in [3.8, 4) is 23.1 Å². The Balaban J connectivity index is 1.37. The number of ether oxygens (including phenoxy) is 3. The smallest absolute Gasteiger partial charge is 0.151 e. The third-order valence-electron chi connectivity index (χ3n) is 7.08. The van der Waals surface area contributed by atoms with Crippen LogP contribution in [0.5, 0.6) is 5.75 Å². The van der Waals surface area contributed by atoms with E-state index in [1.165, 1.54) is 6.20 Å². The first-order valence-electron chi connectivity index (χ1n) is 12.8. The van der Waals surface area contributed by atoms with Crippen molar-refractivity contribution in [1.29, 1.82) is 5.26 Å². The second kappa shape index (κ2) is 12.4. The van der Waals surface area contributed by atoms with E-state index in [1.807, 2.05) is 0 Å². The third-order valence-corrected chi connectivity index (χ3v) is 7.08. The molecule has 9 heteroatoms. The number of anilines is 1. The van der Waals surface area contributed by atoms with Gasteiger partial charge in [-0.05, 0) is 57.6 Å². The molecule has 1 saturated carbocycles. The SMILES string of the molecule is COC[C@@H](C)NC1CCC(Nc2cc(-c3cc(OCC4(C#N)CCOCC4)ccn3)c(F)cn2)CC1. The molecule has 0 bridgehead atoms. The van der Waals surface area contributed by atoms with Crippen molar-refractivity contribution in [3.05, 3.63) is 36.4 Å². The molecule has 1 atom stereocenters. The van der Waals surface area contributed by atoms with Crippen molar-refractivity contribution < 1.29 is 18.6 Å². The van der Waals surface area contributed by atoms with Gasteiger partial charge < -0.3 is 24.8 Å². The Hall–Kier alpha value is -2.80. The van der Waals surface area contributed by atoms with Crippen molar-refractivity contribution >= 4 is 5.82 Å². The van der Waals surface area contributed by atoms with E-state index < -0.39 is 11.2 Å². The van der Waals surface area contributed by atoms with Crippen LogP contribution in [0, 0.1) is 22.6 Å². The van der Waals surface area contributed by atoms with Gasteiger partial charge in [-0.3, -0.25) is 4.98 Å². The Kier molecular flexibility index (Phi) is 9.08. The van der Waals surface area contributed by atoms with Crippen LogP contribution in [-0.4, -0.2) is 61.6 Å². The number of aromatic nitrogens is 2. The zero-order valence-corrected chi connectivity index (χ0v) is 21.1. The fraction of sp³-hybridized carbons (Fsp3) is 0.593. The maximum Gasteiger partial charge on any atom is 0.151 e. The van der Waals surface area contributed by atoms with Gasteiger partial charge in [0.1, 0.15) is 18.2 Å². The van der Waals surface area contributed by atoms with Crippen LogP contribution >= 0.6 is 0 Å². The number of methoxy groups -OCH3 is 1. The Morgan fingerprint density at radius 1 is 1.19 bits per heavy atom. The molecule has 2 N–H and O–H groups in total. The molecule has 0 aromatic carbocycles. The minimum absolute atomic E-state index is 0.268. The van der Waals surface area contributed by atoms with E-state index in [1.54, 1.807) is 31.5 Å². The van der Waals surface area contributed by atoms with Crippen molar-refractivity contribution in [2.24, 2.45) is 5.41 Å². The van der Waals surface area contributed by atoms with Gasteiger partial charge in [-0.1, -0.05) is 0 Å². The standard InChI is InChI=1S/C27H36FN5O3/c1-19(16-34-2)32-20-3-5-21(6-4-20)33-26-14-23(24(28)15-31-26)25-13-22(7-10-30-25)36-18-27(17-29)8-11-35-12-9-27/h7,10,13-15,19-21,32H,3-6,8-9,11-12,16,18H2,1-2H3,(H,31,33)/t19-,20?,21?/m1/s1. The Bertz CT molecular complexity index is 1030. The number of hydrogen-bond acceptors (Lipinski definition) is 8. The predicted octanol–water partition coefficient (Wildman–Crippen LogP) is 4.33. The van der Waals surface area contributed by atoms with E-state index in [4.69, 9.17) is 14.2 Å². The molecule has 0 radical (unpaired) electrons. The van der Waals surface area contributed by atoms with Crippen LogP contribution in [-0.2, 0) is 9.47 Å². The summed E-state index contributed by atoms with van der Waals surface area (Å²) >= 11 is 0. The molecule has 3 heterocycles. The molecule has 36 heavy (non-hydrogen) atoms. The van der Waals surface area contributed by atoms with Gasteiger partial charge in [0.2, 0.25) is 0 Å². The van der Waals surface area contributed by atoms with Gasteiger partial charge in [0, 0.05) is 56.3 Å². The first-order chi connectivity index (χ1) is 17.5. The van der Waals surface area contributed by atoms with Crippen molar-refractivity contribution in [1.82, 2.24) is 15.3 Å². The highest BCUT2D eigenvalue weighted by atomic mass is 19.1. The summed E-state index contributed by atoms with van der Waals surface area (Å²) in [4.78, 5) is 8.63. The van der Waals surface area contributed by atoms with E-state index in [2.05, 4.69) is 33.6 Å². The molecule has 0 spiro atoms. The molecule has 1 aliphatic heterocycles. The molecule has 1 aliphatic carbocycles. The zero-order valence-electron chi connectivity index (χ0n) is 21.1. The summed E-state index contributed by atoms with van der Waals surface area (Å²) < 4.78 is 31.3. The average molecular weight is 498 g/mol. The molecule has 2 aliphatic rings. The molecule has 194 valence electrons. The second-order valence-electron chi connectivity index (χ2n) is 9.94. The van der Waals surface area contributed by atoms with Gasteiger partial charge in [-0.2, -0.15) is 5.26 Å².